The molecule has 0 radical (unpaired) electrons. The van der Waals surface area contributed by atoms with E-state index in [0.717, 1.165) is 10.0 Å². The molecule has 0 saturated heterocycles. The molecule has 1 aromatic carbocycles. The summed E-state index contributed by atoms with van der Waals surface area (Å²) in [5.41, 5.74) is 1.06. The Morgan fingerprint density at radius 3 is 2.88 bits per heavy atom. The van der Waals surface area contributed by atoms with Gasteiger partial charge in [0.05, 0.1) is 0 Å². The zero-order valence-electron chi connectivity index (χ0n) is 8.23. The van der Waals surface area contributed by atoms with Crippen LogP contribution in [0.3, 0.4) is 0 Å². The molecule has 0 atom stereocenters. The van der Waals surface area contributed by atoms with Crippen LogP contribution >= 0.6 is 27.5 Å². The normalized spacial score (nSPS) is 10.1. The Bertz CT molecular complexity index is 447. The molecule has 0 amide bonds. The molecule has 0 N–H and O–H groups in total. The molecule has 1 aromatic heterocycles. The van der Waals surface area contributed by atoms with Crippen LogP contribution in [0.1, 0.15) is 5.56 Å². The smallest absolute Gasteiger partial charge is 0.218 e. The Hall–Kier alpha value is -1.13. The summed E-state index contributed by atoms with van der Waals surface area (Å²) in [4.78, 5) is 7.72. The molecule has 0 aliphatic rings. The van der Waals surface area contributed by atoms with Crippen LogP contribution in [0.2, 0.25) is 5.15 Å². The number of hydrogen-bond donors (Lipinski definition) is 0. The second kappa shape index (κ2) is 5.27. The quantitative estimate of drug-likeness (QED) is 0.814. The van der Waals surface area contributed by atoms with Gasteiger partial charge in [-0.1, -0.05) is 39.7 Å². The summed E-state index contributed by atoms with van der Waals surface area (Å²) in [6.45, 7) is 0.451. The zero-order valence-corrected chi connectivity index (χ0v) is 10.6. The molecule has 1 heterocycles. The number of rotatable bonds is 3. The predicted octanol–water partition coefficient (Wildman–Crippen LogP) is 3.47. The van der Waals surface area contributed by atoms with Crippen molar-refractivity contribution in [1.29, 1.82) is 0 Å². The highest BCUT2D eigenvalue weighted by atomic mass is 79.9. The van der Waals surface area contributed by atoms with Crippen molar-refractivity contribution < 1.29 is 4.74 Å². The summed E-state index contributed by atoms with van der Waals surface area (Å²) in [6, 6.07) is 9.47. The molecule has 3 nitrogen and oxygen atoms in total. The molecule has 82 valence electrons. The number of nitrogens with zero attached hydrogens (tertiary/aromatic N) is 2. The Balaban J connectivity index is 2.02. The highest BCUT2D eigenvalue weighted by Gasteiger charge is 1.99. The van der Waals surface area contributed by atoms with Gasteiger partial charge >= 0.3 is 0 Å². The summed E-state index contributed by atoms with van der Waals surface area (Å²) in [7, 11) is 0. The lowest BCUT2D eigenvalue weighted by atomic mass is 10.2. The molecule has 5 heteroatoms. The van der Waals surface area contributed by atoms with E-state index in [1.54, 1.807) is 6.07 Å². The maximum atomic E-state index is 5.71. The summed E-state index contributed by atoms with van der Waals surface area (Å²) in [6.07, 6.45) is 1.37. The maximum Gasteiger partial charge on any atom is 0.218 e. The molecular formula is C11H8BrClN2O. The Labute approximate surface area is 107 Å². The SMILES string of the molecule is Clc1cc(OCc2cccc(Br)c2)ncn1. The minimum atomic E-state index is 0.374. The van der Waals surface area contributed by atoms with Crippen molar-refractivity contribution >= 4 is 27.5 Å². The average molecular weight is 300 g/mol. The molecule has 0 fully saturated rings. The number of hydrogen-bond acceptors (Lipinski definition) is 3. The third-order valence-electron chi connectivity index (χ3n) is 1.88. The Kier molecular flexibility index (Phi) is 3.74. The lowest BCUT2D eigenvalue weighted by molar-refractivity contribution is 0.293. The van der Waals surface area contributed by atoms with E-state index in [2.05, 4.69) is 25.9 Å². The van der Waals surface area contributed by atoms with Crippen molar-refractivity contribution in [1.82, 2.24) is 9.97 Å². The van der Waals surface area contributed by atoms with Crippen LogP contribution in [0.4, 0.5) is 0 Å². The van der Waals surface area contributed by atoms with E-state index in [0.29, 0.717) is 17.6 Å². The molecule has 0 aliphatic carbocycles. The Morgan fingerprint density at radius 2 is 2.12 bits per heavy atom. The monoisotopic (exact) mass is 298 g/mol. The third-order valence-corrected chi connectivity index (χ3v) is 2.58. The van der Waals surface area contributed by atoms with Gasteiger partial charge in [0.2, 0.25) is 5.88 Å². The number of ether oxygens (including phenoxy) is 1. The molecule has 0 unspecified atom stereocenters. The summed E-state index contributed by atoms with van der Waals surface area (Å²) >= 11 is 9.11. The van der Waals surface area contributed by atoms with Gasteiger partial charge in [0.15, 0.2) is 0 Å². The highest BCUT2D eigenvalue weighted by molar-refractivity contribution is 9.10. The van der Waals surface area contributed by atoms with E-state index >= 15 is 0 Å². The molecule has 0 bridgehead atoms. The van der Waals surface area contributed by atoms with E-state index in [9.17, 15) is 0 Å². The van der Waals surface area contributed by atoms with Crippen molar-refractivity contribution in [3.05, 3.63) is 51.8 Å². The zero-order chi connectivity index (χ0) is 11.4. The van der Waals surface area contributed by atoms with Gasteiger partial charge < -0.3 is 4.74 Å². The van der Waals surface area contributed by atoms with Gasteiger partial charge in [0.1, 0.15) is 18.1 Å². The van der Waals surface area contributed by atoms with Gasteiger partial charge in [0.25, 0.3) is 0 Å². The lowest BCUT2D eigenvalue weighted by Crippen LogP contribution is -1.97. The number of benzene rings is 1. The first-order chi connectivity index (χ1) is 7.74. The fourth-order valence-electron chi connectivity index (χ4n) is 1.18. The fraction of sp³-hybridized carbons (Fsp3) is 0.0909. The molecule has 0 saturated carbocycles. The second-order valence-corrected chi connectivity index (χ2v) is 4.40. The predicted molar refractivity (Wildman–Crippen MR) is 65.5 cm³/mol. The highest BCUT2D eigenvalue weighted by Crippen LogP contribution is 2.15. The van der Waals surface area contributed by atoms with Crippen molar-refractivity contribution in [3.8, 4) is 5.88 Å². The van der Waals surface area contributed by atoms with Gasteiger partial charge in [-0.05, 0) is 17.7 Å². The van der Waals surface area contributed by atoms with Crippen molar-refractivity contribution in [2.45, 2.75) is 6.61 Å². The van der Waals surface area contributed by atoms with Crippen LogP contribution in [0.25, 0.3) is 0 Å². The van der Waals surface area contributed by atoms with Crippen LogP contribution in [0.15, 0.2) is 41.1 Å². The largest absolute Gasteiger partial charge is 0.473 e. The molecule has 0 aliphatic heterocycles. The summed E-state index contributed by atoms with van der Waals surface area (Å²) in [5, 5.41) is 0.374. The fourth-order valence-corrected chi connectivity index (χ4v) is 1.76. The Morgan fingerprint density at radius 1 is 1.25 bits per heavy atom. The van der Waals surface area contributed by atoms with E-state index in [4.69, 9.17) is 16.3 Å². The standard InChI is InChI=1S/C11H8BrClN2O/c12-9-3-1-2-8(4-9)6-16-11-5-10(13)14-7-15-11/h1-5,7H,6H2. The first-order valence-electron chi connectivity index (χ1n) is 4.59. The first-order valence-corrected chi connectivity index (χ1v) is 5.76. The van der Waals surface area contributed by atoms with Crippen molar-refractivity contribution in [2.75, 3.05) is 0 Å². The van der Waals surface area contributed by atoms with Gasteiger partial charge in [-0.15, -0.1) is 0 Å². The minimum Gasteiger partial charge on any atom is -0.473 e. The molecule has 2 aromatic rings. The van der Waals surface area contributed by atoms with E-state index in [1.807, 2.05) is 24.3 Å². The van der Waals surface area contributed by atoms with Crippen LogP contribution in [-0.2, 0) is 6.61 Å². The first kappa shape index (κ1) is 11.4. The second-order valence-electron chi connectivity index (χ2n) is 3.10. The van der Waals surface area contributed by atoms with Crippen LogP contribution < -0.4 is 4.74 Å². The van der Waals surface area contributed by atoms with Gasteiger partial charge in [-0.2, -0.15) is 0 Å². The van der Waals surface area contributed by atoms with Gasteiger partial charge in [0, 0.05) is 10.5 Å². The lowest BCUT2D eigenvalue weighted by Gasteiger charge is -2.05. The van der Waals surface area contributed by atoms with Crippen molar-refractivity contribution in [2.24, 2.45) is 0 Å². The average Bonchev–Trinajstić information content (AvgIpc) is 2.27. The van der Waals surface area contributed by atoms with Gasteiger partial charge in [-0.3, -0.25) is 0 Å². The van der Waals surface area contributed by atoms with Gasteiger partial charge in [-0.25, -0.2) is 9.97 Å². The van der Waals surface area contributed by atoms with E-state index in [1.165, 1.54) is 6.33 Å². The minimum absolute atomic E-state index is 0.374. The molecule has 16 heavy (non-hydrogen) atoms. The maximum absolute atomic E-state index is 5.71. The summed E-state index contributed by atoms with van der Waals surface area (Å²) < 4.78 is 6.49. The summed E-state index contributed by atoms with van der Waals surface area (Å²) in [5.74, 6) is 0.472. The van der Waals surface area contributed by atoms with Crippen LogP contribution in [-0.4, -0.2) is 9.97 Å². The topological polar surface area (TPSA) is 35.0 Å². The third kappa shape index (κ3) is 3.18. The van der Waals surface area contributed by atoms with Crippen LogP contribution in [0.5, 0.6) is 5.88 Å². The van der Waals surface area contributed by atoms with Crippen LogP contribution in [0, 0.1) is 0 Å². The molecule has 2 rings (SSSR count). The van der Waals surface area contributed by atoms with E-state index < -0.39 is 0 Å². The molecular weight excluding hydrogens is 291 g/mol. The van der Waals surface area contributed by atoms with E-state index in [-0.39, 0.29) is 0 Å². The van der Waals surface area contributed by atoms with Crippen molar-refractivity contribution in [3.63, 3.8) is 0 Å². The number of aromatic nitrogens is 2. The molecule has 0 spiro atoms. The number of halogens is 2.